The van der Waals surface area contributed by atoms with Crippen molar-refractivity contribution in [3.05, 3.63) is 29.8 Å². The summed E-state index contributed by atoms with van der Waals surface area (Å²) in [6, 6.07) is 7.75. The number of ether oxygens (including phenoxy) is 1. The molecule has 6 nitrogen and oxygen atoms in total. The number of methoxy groups -OCH3 is 1. The second kappa shape index (κ2) is 10.0. The number of nitrogens with one attached hydrogen (secondary N) is 3. The molecular formula is C19H32N4O2. The van der Waals surface area contributed by atoms with Gasteiger partial charge in [-0.3, -0.25) is 4.79 Å². The van der Waals surface area contributed by atoms with Crippen molar-refractivity contribution >= 4 is 17.6 Å². The molecule has 6 heteroatoms. The fraction of sp³-hybridized carbons (Fsp3) is 0.579. The molecule has 1 amide bonds. The van der Waals surface area contributed by atoms with Gasteiger partial charge in [0, 0.05) is 31.8 Å². The Hall–Kier alpha value is -2.08. The van der Waals surface area contributed by atoms with E-state index in [0.717, 1.165) is 23.8 Å². The molecule has 3 N–H and O–H groups in total. The second-order valence-corrected chi connectivity index (χ2v) is 6.85. The molecule has 0 atom stereocenters. The molecule has 1 aromatic rings. The lowest BCUT2D eigenvalue weighted by Crippen LogP contribution is -2.45. The van der Waals surface area contributed by atoms with E-state index < -0.39 is 0 Å². The number of hydrogen-bond acceptors (Lipinski definition) is 3. The van der Waals surface area contributed by atoms with Crippen LogP contribution in [0.4, 0.5) is 5.69 Å². The number of rotatable bonds is 8. The first-order valence-electron chi connectivity index (χ1n) is 8.74. The summed E-state index contributed by atoms with van der Waals surface area (Å²) in [6.07, 6.45) is 0. The normalized spacial score (nSPS) is 12.2. The molecule has 0 spiro atoms. The van der Waals surface area contributed by atoms with Crippen molar-refractivity contribution in [3.8, 4) is 0 Å². The maximum Gasteiger partial charge on any atom is 0.226 e. The number of carbonyl (C=O) groups is 1. The SMILES string of the molecule is CCNC(=NCc1ccc(NC(=O)C(C)C)cc1)NCC(C)(C)OC. The van der Waals surface area contributed by atoms with E-state index in [0.29, 0.717) is 13.1 Å². The number of hydrogen-bond donors (Lipinski definition) is 3. The van der Waals surface area contributed by atoms with E-state index in [-0.39, 0.29) is 17.4 Å². The van der Waals surface area contributed by atoms with Crippen molar-refractivity contribution < 1.29 is 9.53 Å². The van der Waals surface area contributed by atoms with Crippen LogP contribution in [-0.4, -0.2) is 37.7 Å². The molecule has 1 aromatic carbocycles. The smallest absolute Gasteiger partial charge is 0.226 e. The van der Waals surface area contributed by atoms with Crippen LogP contribution >= 0.6 is 0 Å². The Labute approximate surface area is 151 Å². The van der Waals surface area contributed by atoms with Crippen molar-refractivity contribution in [1.29, 1.82) is 0 Å². The quantitative estimate of drug-likeness (QED) is 0.499. The highest BCUT2D eigenvalue weighted by Crippen LogP contribution is 2.12. The average Bonchev–Trinajstić information content (AvgIpc) is 2.58. The standard InChI is InChI=1S/C19H32N4O2/c1-7-20-18(22-13-19(4,5)25-6)21-12-15-8-10-16(11-9-15)23-17(24)14(2)3/h8-11,14H,7,12-13H2,1-6H3,(H,23,24)(H2,20,21,22). The lowest BCUT2D eigenvalue weighted by Gasteiger charge is -2.24. The molecule has 1 rings (SSSR count). The fourth-order valence-electron chi connectivity index (χ4n) is 1.86. The average molecular weight is 348 g/mol. The summed E-state index contributed by atoms with van der Waals surface area (Å²) in [4.78, 5) is 16.3. The minimum absolute atomic E-state index is 0.0187. The summed E-state index contributed by atoms with van der Waals surface area (Å²) in [5.74, 6) is 0.740. The van der Waals surface area contributed by atoms with Crippen LogP contribution in [-0.2, 0) is 16.1 Å². The van der Waals surface area contributed by atoms with Crippen molar-refractivity contribution in [2.24, 2.45) is 10.9 Å². The van der Waals surface area contributed by atoms with Crippen LogP contribution in [0.1, 0.15) is 40.2 Å². The van der Waals surface area contributed by atoms with Crippen LogP contribution in [0, 0.1) is 5.92 Å². The van der Waals surface area contributed by atoms with Gasteiger partial charge in [-0.15, -0.1) is 0 Å². The fourth-order valence-corrected chi connectivity index (χ4v) is 1.86. The minimum atomic E-state index is -0.257. The predicted octanol–water partition coefficient (Wildman–Crippen LogP) is 2.76. The number of carbonyl (C=O) groups excluding carboxylic acids is 1. The number of anilines is 1. The van der Waals surface area contributed by atoms with Gasteiger partial charge in [0.1, 0.15) is 0 Å². The van der Waals surface area contributed by atoms with Gasteiger partial charge in [-0.05, 0) is 38.5 Å². The third-order valence-corrected chi connectivity index (χ3v) is 3.74. The molecule has 0 aliphatic rings. The summed E-state index contributed by atoms with van der Waals surface area (Å²) >= 11 is 0. The first-order valence-corrected chi connectivity index (χ1v) is 8.74. The zero-order valence-electron chi connectivity index (χ0n) is 16.3. The van der Waals surface area contributed by atoms with Gasteiger partial charge in [0.05, 0.1) is 12.1 Å². The van der Waals surface area contributed by atoms with Gasteiger partial charge in [-0.1, -0.05) is 26.0 Å². The maximum atomic E-state index is 11.7. The van der Waals surface area contributed by atoms with E-state index >= 15 is 0 Å². The van der Waals surface area contributed by atoms with Crippen molar-refractivity contribution in [2.45, 2.75) is 46.8 Å². The van der Waals surface area contributed by atoms with Gasteiger partial charge in [0.15, 0.2) is 5.96 Å². The van der Waals surface area contributed by atoms with Crippen LogP contribution in [0.25, 0.3) is 0 Å². The molecule has 0 aliphatic heterocycles. The van der Waals surface area contributed by atoms with E-state index in [1.165, 1.54) is 0 Å². The van der Waals surface area contributed by atoms with E-state index in [1.807, 2.05) is 58.9 Å². The number of nitrogens with zero attached hydrogens (tertiary/aromatic N) is 1. The minimum Gasteiger partial charge on any atom is -0.377 e. The number of guanidine groups is 1. The lowest BCUT2D eigenvalue weighted by atomic mass is 10.1. The highest BCUT2D eigenvalue weighted by Gasteiger charge is 2.16. The van der Waals surface area contributed by atoms with Gasteiger partial charge in [-0.25, -0.2) is 4.99 Å². The zero-order chi connectivity index (χ0) is 18.9. The van der Waals surface area contributed by atoms with Gasteiger partial charge in [0.2, 0.25) is 5.91 Å². The summed E-state index contributed by atoms with van der Waals surface area (Å²) in [6.45, 7) is 11.8. The highest BCUT2D eigenvalue weighted by atomic mass is 16.5. The highest BCUT2D eigenvalue weighted by molar-refractivity contribution is 5.92. The molecule has 0 bridgehead atoms. The third-order valence-electron chi connectivity index (χ3n) is 3.74. The Balaban J connectivity index is 2.65. The van der Waals surface area contributed by atoms with E-state index in [1.54, 1.807) is 7.11 Å². The van der Waals surface area contributed by atoms with E-state index in [9.17, 15) is 4.79 Å². The molecule has 0 aliphatic carbocycles. The van der Waals surface area contributed by atoms with Crippen LogP contribution in [0.15, 0.2) is 29.3 Å². The molecule has 0 unspecified atom stereocenters. The molecule has 0 heterocycles. The molecule has 0 saturated carbocycles. The summed E-state index contributed by atoms with van der Waals surface area (Å²) in [7, 11) is 1.70. The molecule has 25 heavy (non-hydrogen) atoms. The van der Waals surface area contributed by atoms with E-state index in [4.69, 9.17) is 4.74 Å². The predicted molar refractivity (Wildman–Crippen MR) is 104 cm³/mol. The van der Waals surface area contributed by atoms with Crippen LogP contribution < -0.4 is 16.0 Å². The summed E-state index contributed by atoms with van der Waals surface area (Å²) in [5.41, 5.74) is 1.62. The Kier molecular flexibility index (Phi) is 8.41. The number of amides is 1. The van der Waals surface area contributed by atoms with Gasteiger partial charge >= 0.3 is 0 Å². The first kappa shape index (κ1) is 21.0. The van der Waals surface area contributed by atoms with E-state index in [2.05, 4.69) is 20.9 Å². The Morgan fingerprint density at radius 2 is 1.84 bits per heavy atom. The summed E-state index contributed by atoms with van der Waals surface area (Å²) < 4.78 is 5.41. The molecule has 0 aromatic heterocycles. The molecule has 0 fully saturated rings. The van der Waals surface area contributed by atoms with Crippen molar-refractivity contribution in [3.63, 3.8) is 0 Å². The Morgan fingerprint density at radius 3 is 2.36 bits per heavy atom. The van der Waals surface area contributed by atoms with Crippen molar-refractivity contribution in [2.75, 3.05) is 25.5 Å². The molecule has 0 saturated heterocycles. The largest absolute Gasteiger partial charge is 0.377 e. The number of benzene rings is 1. The molecule has 140 valence electrons. The summed E-state index contributed by atoms with van der Waals surface area (Å²) in [5, 5.41) is 9.40. The van der Waals surface area contributed by atoms with Crippen LogP contribution in [0.3, 0.4) is 0 Å². The number of aliphatic imine (C=N–C) groups is 1. The first-order chi connectivity index (χ1) is 11.8. The monoisotopic (exact) mass is 348 g/mol. The second-order valence-electron chi connectivity index (χ2n) is 6.85. The lowest BCUT2D eigenvalue weighted by molar-refractivity contribution is -0.118. The maximum absolute atomic E-state index is 11.7. The van der Waals surface area contributed by atoms with Gasteiger partial charge in [-0.2, -0.15) is 0 Å². The molecule has 0 radical (unpaired) electrons. The zero-order valence-corrected chi connectivity index (χ0v) is 16.3. The van der Waals surface area contributed by atoms with Crippen LogP contribution in [0.5, 0.6) is 0 Å². The van der Waals surface area contributed by atoms with Crippen molar-refractivity contribution in [1.82, 2.24) is 10.6 Å². The topological polar surface area (TPSA) is 74.8 Å². The van der Waals surface area contributed by atoms with Crippen LogP contribution in [0.2, 0.25) is 0 Å². The molecular weight excluding hydrogens is 316 g/mol. The Bertz CT molecular complexity index is 565. The third kappa shape index (κ3) is 8.03. The Morgan fingerprint density at radius 1 is 1.20 bits per heavy atom. The van der Waals surface area contributed by atoms with Gasteiger partial charge in [0.25, 0.3) is 0 Å². The van der Waals surface area contributed by atoms with Gasteiger partial charge < -0.3 is 20.7 Å².